The summed E-state index contributed by atoms with van der Waals surface area (Å²) in [4.78, 5) is 11.8. The van der Waals surface area contributed by atoms with Crippen LogP contribution in [0, 0.1) is 5.92 Å². The number of nitrogens with one attached hydrogen (secondary N) is 2. The zero-order valence-electron chi connectivity index (χ0n) is 14.0. The summed E-state index contributed by atoms with van der Waals surface area (Å²) in [5, 5.41) is 6.74. The van der Waals surface area contributed by atoms with Gasteiger partial charge in [-0.05, 0) is 37.2 Å². The average Bonchev–Trinajstić information content (AvgIpc) is 2.54. The third-order valence-electron chi connectivity index (χ3n) is 5.23. The van der Waals surface area contributed by atoms with Gasteiger partial charge in [0.15, 0.2) is 0 Å². The molecule has 1 aromatic rings. The molecule has 0 aliphatic heterocycles. The third kappa shape index (κ3) is 4.71. The van der Waals surface area contributed by atoms with E-state index in [-0.39, 0.29) is 12.1 Å². The van der Waals surface area contributed by atoms with Gasteiger partial charge in [0.2, 0.25) is 0 Å². The first-order valence-corrected chi connectivity index (χ1v) is 8.94. The fraction of sp³-hybridized carbons (Fsp3) is 0.632. The van der Waals surface area contributed by atoms with Crippen molar-refractivity contribution in [3.63, 3.8) is 0 Å². The molecular formula is C19H28N2O2. The van der Waals surface area contributed by atoms with E-state index in [1.807, 2.05) is 30.3 Å². The second-order valence-corrected chi connectivity index (χ2v) is 7.11. The van der Waals surface area contributed by atoms with E-state index in [4.69, 9.17) is 4.74 Å². The molecule has 0 spiro atoms. The number of hydrogen-bond donors (Lipinski definition) is 2. The predicted molar refractivity (Wildman–Crippen MR) is 91.1 cm³/mol. The van der Waals surface area contributed by atoms with Crippen LogP contribution in [-0.2, 0) is 11.3 Å². The zero-order valence-corrected chi connectivity index (χ0v) is 14.0. The molecule has 2 saturated carbocycles. The van der Waals surface area contributed by atoms with Gasteiger partial charge in [-0.2, -0.15) is 0 Å². The summed E-state index contributed by atoms with van der Waals surface area (Å²) in [6.07, 6.45) is 7.10. The van der Waals surface area contributed by atoms with E-state index in [9.17, 15) is 4.79 Å². The van der Waals surface area contributed by atoms with Crippen molar-refractivity contribution in [2.45, 2.75) is 70.2 Å². The smallest absolute Gasteiger partial charge is 0.407 e. The van der Waals surface area contributed by atoms with Crippen LogP contribution in [-0.4, -0.2) is 24.2 Å². The van der Waals surface area contributed by atoms with E-state index < -0.39 is 0 Å². The Hall–Kier alpha value is -1.55. The lowest BCUT2D eigenvalue weighted by Crippen LogP contribution is -2.56. The maximum atomic E-state index is 11.8. The summed E-state index contributed by atoms with van der Waals surface area (Å²) in [7, 11) is 0. The molecule has 0 radical (unpaired) electrons. The van der Waals surface area contributed by atoms with Gasteiger partial charge in [0.25, 0.3) is 0 Å². The monoisotopic (exact) mass is 316 g/mol. The number of carbonyl (C=O) groups is 1. The molecule has 2 aliphatic carbocycles. The maximum Gasteiger partial charge on any atom is 0.407 e. The normalized spacial score (nSPS) is 30.3. The molecule has 3 rings (SSSR count). The van der Waals surface area contributed by atoms with Gasteiger partial charge < -0.3 is 15.4 Å². The van der Waals surface area contributed by atoms with Gasteiger partial charge in [0.1, 0.15) is 6.61 Å². The van der Waals surface area contributed by atoms with Crippen LogP contribution in [0.2, 0.25) is 0 Å². The summed E-state index contributed by atoms with van der Waals surface area (Å²) in [5.74, 6) is 0.784. The van der Waals surface area contributed by atoms with Crippen molar-refractivity contribution < 1.29 is 9.53 Å². The van der Waals surface area contributed by atoms with Gasteiger partial charge in [-0.25, -0.2) is 4.79 Å². The highest BCUT2D eigenvalue weighted by molar-refractivity contribution is 5.67. The SMILES string of the molecule is CC1CCCCC1NC1CC(NC(=O)OCc2ccccc2)C1. The van der Waals surface area contributed by atoms with Crippen molar-refractivity contribution in [1.82, 2.24) is 10.6 Å². The Kier molecular flexibility index (Phi) is 5.55. The molecule has 2 unspecified atom stereocenters. The number of hydrogen-bond acceptors (Lipinski definition) is 3. The van der Waals surface area contributed by atoms with E-state index in [0.717, 1.165) is 24.3 Å². The number of rotatable bonds is 5. The van der Waals surface area contributed by atoms with Crippen molar-refractivity contribution in [2.75, 3.05) is 0 Å². The Bertz CT molecular complexity index is 499. The minimum Gasteiger partial charge on any atom is -0.445 e. The van der Waals surface area contributed by atoms with Crippen molar-refractivity contribution in [1.29, 1.82) is 0 Å². The fourth-order valence-electron chi connectivity index (χ4n) is 3.67. The van der Waals surface area contributed by atoms with Gasteiger partial charge in [-0.1, -0.05) is 50.1 Å². The quantitative estimate of drug-likeness (QED) is 0.872. The molecule has 126 valence electrons. The first kappa shape index (κ1) is 16.3. The molecule has 0 aromatic heterocycles. The van der Waals surface area contributed by atoms with E-state index in [2.05, 4.69) is 17.6 Å². The van der Waals surface area contributed by atoms with Crippen LogP contribution in [0.1, 0.15) is 51.0 Å². The molecular weight excluding hydrogens is 288 g/mol. The van der Waals surface area contributed by atoms with Gasteiger partial charge in [0, 0.05) is 18.1 Å². The first-order chi connectivity index (χ1) is 11.2. The fourth-order valence-corrected chi connectivity index (χ4v) is 3.67. The molecule has 4 heteroatoms. The molecule has 4 nitrogen and oxygen atoms in total. The second kappa shape index (κ2) is 7.82. The van der Waals surface area contributed by atoms with Gasteiger partial charge in [-0.15, -0.1) is 0 Å². The molecule has 2 N–H and O–H groups in total. The molecule has 1 aromatic carbocycles. The summed E-state index contributed by atoms with van der Waals surface area (Å²) >= 11 is 0. The zero-order chi connectivity index (χ0) is 16.1. The Balaban J connectivity index is 1.31. The highest BCUT2D eigenvalue weighted by atomic mass is 16.5. The van der Waals surface area contributed by atoms with Crippen LogP contribution in [0.5, 0.6) is 0 Å². The van der Waals surface area contributed by atoms with E-state index in [1.165, 1.54) is 25.7 Å². The Morgan fingerprint density at radius 2 is 1.87 bits per heavy atom. The standard InChI is InChI=1S/C19H28N2O2/c1-14-7-5-6-10-18(14)20-16-11-17(12-16)21-19(22)23-13-15-8-3-2-4-9-15/h2-4,8-9,14,16-18,20H,5-7,10-13H2,1H3,(H,21,22). The van der Waals surface area contributed by atoms with Crippen LogP contribution in [0.15, 0.2) is 30.3 Å². The van der Waals surface area contributed by atoms with Crippen molar-refractivity contribution in [3.05, 3.63) is 35.9 Å². The second-order valence-electron chi connectivity index (χ2n) is 7.11. The summed E-state index contributed by atoms with van der Waals surface area (Å²) < 4.78 is 5.27. The molecule has 2 aliphatic rings. The number of carbonyl (C=O) groups excluding carboxylic acids is 1. The molecule has 23 heavy (non-hydrogen) atoms. The van der Waals surface area contributed by atoms with Gasteiger partial charge >= 0.3 is 6.09 Å². The lowest BCUT2D eigenvalue weighted by atomic mass is 9.81. The first-order valence-electron chi connectivity index (χ1n) is 8.94. The van der Waals surface area contributed by atoms with Crippen LogP contribution in [0.25, 0.3) is 0 Å². The Labute approximate surface area is 139 Å². The molecule has 0 heterocycles. The highest BCUT2D eigenvalue weighted by Gasteiger charge is 2.33. The van der Waals surface area contributed by atoms with Crippen LogP contribution in [0.4, 0.5) is 4.79 Å². The minimum atomic E-state index is -0.302. The molecule has 1 amide bonds. The van der Waals surface area contributed by atoms with E-state index >= 15 is 0 Å². The summed E-state index contributed by atoms with van der Waals surface area (Å²) in [6.45, 7) is 2.69. The third-order valence-corrected chi connectivity index (χ3v) is 5.23. The van der Waals surface area contributed by atoms with Gasteiger partial charge in [0.05, 0.1) is 0 Å². The average molecular weight is 316 g/mol. The van der Waals surface area contributed by atoms with Crippen molar-refractivity contribution >= 4 is 6.09 Å². The van der Waals surface area contributed by atoms with Crippen molar-refractivity contribution in [2.24, 2.45) is 5.92 Å². The highest BCUT2D eigenvalue weighted by Crippen LogP contribution is 2.27. The van der Waals surface area contributed by atoms with E-state index in [0.29, 0.717) is 18.7 Å². The Morgan fingerprint density at radius 1 is 1.13 bits per heavy atom. The summed E-state index contributed by atoms with van der Waals surface area (Å²) in [5.41, 5.74) is 1.02. The molecule has 2 atom stereocenters. The number of benzene rings is 1. The largest absolute Gasteiger partial charge is 0.445 e. The van der Waals surface area contributed by atoms with Crippen LogP contribution >= 0.6 is 0 Å². The number of alkyl carbamates (subject to hydrolysis) is 1. The molecule has 2 fully saturated rings. The molecule has 0 saturated heterocycles. The predicted octanol–water partition coefficient (Wildman–Crippen LogP) is 3.61. The lowest BCUT2D eigenvalue weighted by Gasteiger charge is -2.41. The lowest BCUT2D eigenvalue weighted by molar-refractivity contribution is 0.121. The number of amides is 1. The topological polar surface area (TPSA) is 50.4 Å². The maximum absolute atomic E-state index is 11.8. The molecule has 0 bridgehead atoms. The van der Waals surface area contributed by atoms with Crippen LogP contribution in [0.3, 0.4) is 0 Å². The van der Waals surface area contributed by atoms with E-state index in [1.54, 1.807) is 0 Å². The van der Waals surface area contributed by atoms with Crippen molar-refractivity contribution in [3.8, 4) is 0 Å². The van der Waals surface area contributed by atoms with Gasteiger partial charge in [-0.3, -0.25) is 0 Å². The minimum absolute atomic E-state index is 0.259. The summed E-state index contributed by atoms with van der Waals surface area (Å²) in [6, 6.07) is 11.3. The number of ether oxygens (including phenoxy) is 1. The Morgan fingerprint density at radius 3 is 2.61 bits per heavy atom. The van der Waals surface area contributed by atoms with Crippen LogP contribution < -0.4 is 10.6 Å².